The zero-order valence-electron chi connectivity index (χ0n) is 16.8. The van der Waals surface area contributed by atoms with Crippen molar-refractivity contribution in [2.45, 2.75) is 90.6 Å². The Bertz CT molecular complexity index is 657. The van der Waals surface area contributed by atoms with Crippen LogP contribution >= 0.6 is 0 Å². The van der Waals surface area contributed by atoms with E-state index in [1.54, 1.807) is 0 Å². The van der Waals surface area contributed by atoms with Crippen LogP contribution in [0.3, 0.4) is 0 Å². The summed E-state index contributed by atoms with van der Waals surface area (Å²) < 4.78 is 17.6. The van der Waals surface area contributed by atoms with E-state index in [4.69, 9.17) is 14.2 Å². The normalized spacial score (nSPS) is 39.7. The number of carbonyl (C=O) groups excluding carboxylic acids is 1. The minimum atomic E-state index is -0.234. The number of epoxide rings is 1. The van der Waals surface area contributed by atoms with Gasteiger partial charge < -0.3 is 14.2 Å². The van der Waals surface area contributed by atoms with Crippen LogP contribution in [0.5, 0.6) is 0 Å². The van der Waals surface area contributed by atoms with E-state index in [0.29, 0.717) is 19.1 Å². The quantitative estimate of drug-likeness (QED) is 0.388. The van der Waals surface area contributed by atoms with Gasteiger partial charge in [-0.25, -0.2) is 0 Å². The summed E-state index contributed by atoms with van der Waals surface area (Å²) in [6.45, 7) is 10.7. The fourth-order valence-electron chi connectivity index (χ4n) is 4.08. The van der Waals surface area contributed by atoms with Crippen molar-refractivity contribution in [1.29, 1.82) is 0 Å². The second-order valence-corrected chi connectivity index (χ2v) is 8.30. The third-order valence-corrected chi connectivity index (χ3v) is 5.97. The van der Waals surface area contributed by atoms with Crippen molar-refractivity contribution in [2.24, 2.45) is 0 Å². The fourth-order valence-corrected chi connectivity index (χ4v) is 4.08. The van der Waals surface area contributed by atoms with E-state index in [-0.39, 0.29) is 23.8 Å². The molecule has 1 fully saturated rings. The Morgan fingerprint density at radius 3 is 2.81 bits per heavy atom. The molecule has 0 bridgehead atoms. The lowest BCUT2D eigenvalue weighted by Crippen LogP contribution is -2.22. The summed E-state index contributed by atoms with van der Waals surface area (Å²) in [5, 5.41) is 0. The van der Waals surface area contributed by atoms with Gasteiger partial charge in [-0.15, -0.1) is 0 Å². The first kappa shape index (κ1) is 19.4. The van der Waals surface area contributed by atoms with Crippen LogP contribution in [0.1, 0.15) is 66.7 Å². The predicted octanol–water partition coefficient (Wildman–Crippen LogP) is 4.65. The molecule has 0 aromatic heterocycles. The van der Waals surface area contributed by atoms with Crippen LogP contribution in [-0.2, 0) is 19.0 Å². The highest BCUT2D eigenvalue weighted by atomic mass is 16.6. The van der Waals surface area contributed by atoms with Crippen LogP contribution in [-0.4, -0.2) is 36.5 Å². The van der Waals surface area contributed by atoms with Crippen molar-refractivity contribution in [2.75, 3.05) is 6.61 Å². The molecule has 3 aliphatic rings. The monoisotopic (exact) mass is 360 g/mol. The molecule has 0 N–H and O–H groups in total. The maximum Gasteiger partial charge on any atom is 0.303 e. The van der Waals surface area contributed by atoms with Crippen molar-refractivity contribution in [1.82, 2.24) is 0 Å². The molecule has 4 heteroatoms. The van der Waals surface area contributed by atoms with Gasteiger partial charge in [0, 0.05) is 13.3 Å². The van der Waals surface area contributed by atoms with Crippen LogP contribution in [0.25, 0.3) is 0 Å². The van der Waals surface area contributed by atoms with Crippen molar-refractivity contribution in [3.63, 3.8) is 0 Å². The first-order valence-electron chi connectivity index (χ1n) is 9.77. The van der Waals surface area contributed by atoms with Crippen molar-refractivity contribution >= 4 is 5.97 Å². The fraction of sp³-hybridized carbons (Fsp3) is 0.682. The lowest BCUT2D eigenvalue weighted by molar-refractivity contribution is -0.144. The largest absolute Gasteiger partial charge is 0.458 e. The van der Waals surface area contributed by atoms with Crippen LogP contribution in [0.4, 0.5) is 0 Å². The van der Waals surface area contributed by atoms with Crippen LogP contribution < -0.4 is 0 Å². The number of allylic oxidation sites excluding steroid dienone is 2. The summed E-state index contributed by atoms with van der Waals surface area (Å²) in [5.74, 6) is -0.234. The van der Waals surface area contributed by atoms with Gasteiger partial charge in [-0.2, -0.15) is 0 Å². The van der Waals surface area contributed by atoms with E-state index in [2.05, 4.69) is 39.8 Å². The molecular formula is C22H32O4. The maximum atomic E-state index is 11.6. The van der Waals surface area contributed by atoms with Gasteiger partial charge in [0.25, 0.3) is 0 Å². The Morgan fingerprint density at radius 1 is 1.31 bits per heavy atom. The van der Waals surface area contributed by atoms with Crippen molar-refractivity contribution in [3.8, 4) is 0 Å². The first-order chi connectivity index (χ1) is 12.3. The molecule has 0 radical (unpaired) electrons. The second-order valence-electron chi connectivity index (χ2n) is 8.30. The molecule has 2 heterocycles. The number of hydrogen-bond donors (Lipinski definition) is 0. The minimum Gasteiger partial charge on any atom is -0.458 e. The van der Waals surface area contributed by atoms with E-state index in [1.165, 1.54) is 23.6 Å². The number of carbonyl (C=O) groups is 1. The van der Waals surface area contributed by atoms with E-state index >= 15 is 0 Å². The number of esters is 1. The average molecular weight is 360 g/mol. The highest BCUT2D eigenvalue weighted by Gasteiger charge is 2.50. The molecule has 2 aliphatic heterocycles. The lowest BCUT2D eigenvalue weighted by Gasteiger charge is -2.22. The Hall–Kier alpha value is -1.39. The van der Waals surface area contributed by atoms with Gasteiger partial charge in [0.2, 0.25) is 0 Å². The van der Waals surface area contributed by atoms with Gasteiger partial charge in [-0.05, 0) is 70.1 Å². The van der Waals surface area contributed by atoms with Crippen LogP contribution in [0.15, 0.2) is 34.4 Å². The Balaban J connectivity index is 1.87. The molecule has 0 amide bonds. The van der Waals surface area contributed by atoms with Gasteiger partial charge in [0.15, 0.2) is 0 Å². The van der Waals surface area contributed by atoms with Crippen LogP contribution in [0.2, 0.25) is 0 Å². The Morgan fingerprint density at radius 2 is 2.08 bits per heavy atom. The van der Waals surface area contributed by atoms with E-state index < -0.39 is 0 Å². The minimum absolute atomic E-state index is 0.00359. The topological polar surface area (TPSA) is 48.1 Å². The van der Waals surface area contributed by atoms with Crippen molar-refractivity contribution in [3.05, 3.63) is 34.4 Å². The molecule has 0 spiro atoms. The van der Waals surface area contributed by atoms with Gasteiger partial charge in [-0.1, -0.05) is 17.7 Å². The Kier molecular flexibility index (Phi) is 5.73. The smallest absolute Gasteiger partial charge is 0.303 e. The summed E-state index contributed by atoms with van der Waals surface area (Å²) in [6, 6.07) is 0. The summed E-state index contributed by atoms with van der Waals surface area (Å²) in [7, 11) is 0. The molecule has 4 atom stereocenters. The van der Waals surface area contributed by atoms with Crippen LogP contribution in [0, 0.1) is 0 Å². The van der Waals surface area contributed by atoms with Gasteiger partial charge >= 0.3 is 5.97 Å². The summed E-state index contributed by atoms with van der Waals surface area (Å²) in [5.41, 5.74) is 4.98. The molecule has 26 heavy (non-hydrogen) atoms. The maximum absolute atomic E-state index is 11.6. The summed E-state index contributed by atoms with van der Waals surface area (Å²) in [6.07, 6.45) is 9.36. The van der Waals surface area contributed by atoms with Gasteiger partial charge in [0.05, 0.1) is 24.4 Å². The number of rotatable bonds is 1. The Labute approximate surface area is 157 Å². The van der Waals surface area contributed by atoms with Gasteiger partial charge in [-0.3, -0.25) is 4.79 Å². The van der Waals surface area contributed by atoms with Crippen molar-refractivity contribution < 1.29 is 19.0 Å². The summed E-state index contributed by atoms with van der Waals surface area (Å²) >= 11 is 0. The zero-order valence-corrected chi connectivity index (χ0v) is 16.8. The highest BCUT2D eigenvalue weighted by molar-refractivity contribution is 5.66. The molecule has 0 aromatic rings. The molecule has 4 nitrogen and oxygen atoms in total. The average Bonchev–Trinajstić information content (AvgIpc) is 3.09. The molecule has 144 valence electrons. The van der Waals surface area contributed by atoms with E-state index in [0.717, 1.165) is 31.3 Å². The predicted molar refractivity (Wildman–Crippen MR) is 102 cm³/mol. The SMILES string of the molecule is CC(=O)O[C@H]1CC2=C(C)CO[C@H]2/C=C(\C)CC[C@@H]2O[C@@]2(C)CC/C=C/1C. The standard InChI is InChI=1S/C22H32O4/c1-14-8-9-21-22(5,26-21)10-6-7-15(2)19(25-17(4)23)12-18-16(3)13-24-20(18)11-14/h7,11,19-21H,6,8-10,12-13H2,1-5H3/b14-11+,15-7+/t19-,20-,21-,22-/m0/s1. The zero-order chi connectivity index (χ0) is 18.9. The number of fused-ring (bicyclic) bond motifs is 2. The second kappa shape index (κ2) is 7.69. The molecule has 0 aromatic carbocycles. The van der Waals surface area contributed by atoms with Gasteiger partial charge in [0.1, 0.15) is 6.10 Å². The van der Waals surface area contributed by atoms with E-state index in [1.807, 2.05) is 0 Å². The third-order valence-electron chi connectivity index (χ3n) is 5.97. The molecule has 1 saturated heterocycles. The molecule has 1 aliphatic carbocycles. The molecular weight excluding hydrogens is 328 g/mol. The number of ether oxygens (including phenoxy) is 3. The molecule has 0 unspecified atom stereocenters. The molecule has 3 rings (SSSR count). The molecule has 0 saturated carbocycles. The first-order valence-corrected chi connectivity index (χ1v) is 9.77. The lowest BCUT2D eigenvalue weighted by atomic mass is 9.91. The number of hydrogen-bond acceptors (Lipinski definition) is 4. The highest BCUT2D eigenvalue weighted by Crippen LogP contribution is 2.44. The van der Waals surface area contributed by atoms with E-state index in [9.17, 15) is 4.79 Å². The summed E-state index contributed by atoms with van der Waals surface area (Å²) in [4.78, 5) is 11.6. The third kappa shape index (κ3) is 4.47.